The summed E-state index contributed by atoms with van der Waals surface area (Å²) in [5, 5.41) is 3.31. The van der Waals surface area contributed by atoms with Crippen LogP contribution in [0.15, 0.2) is 40.9 Å². The summed E-state index contributed by atoms with van der Waals surface area (Å²) in [6, 6.07) is 8.40. The minimum atomic E-state index is -0.296. The molecule has 3 nitrogen and oxygen atoms in total. The Morgan fingerprint density at radius 2 is 2.11 bits per heavy atom. The van der Waals surface area contributed by atoms with E-state index in [1.54, 1.807) is 13.0 Å². The molecule has 18 heavy (non-hydrogen) atoms. The van der Waals surface area contributed by atoms with Crippen LogP contribution in [0, 0.1) is 0 Å². The lowest BCUT2D eigenvalue weighted by Gasteiger charge is -2.12. The van der Waals surface area contributed by atoms with Crippen LogP contribution in [0.5, 0.6) is 0 Å². The maximum Gasteiger partial charge on any atom is 0.330 e. The molecule has 0 unspecified atom stereocenters. The lowest BCUT2D eigenvalue weighted by molar-refractivity contribution is -0.137. The fourth-order valence-corrected chi connectivity index (χ4v) is 1.72. The molecule has 1 aromatic carbocycles. The Morgan fingerprint density at radius 3 is 2.72 bits per heavy atom. The second-order valence-corrected chi connectivity index (χ2v) is 4.75. The summed E-state index contributed by atoms with van der Waals surface area (Å²) in [5.74, 6) is -0.296. The van der Waals surface area contributed by atoms with Gasteiger partial charge in [-0.15, -0.1) is 0 Å². The van der Waals surface area contributed by atoms with Crippen molar-refractivity contribution in [2.45, 2.75) is 19.9 Å². The molecule has 0 heterocycles. The van der Waals surface area contributed by atoms with Crippen LogP contribution in [0.4, 0.5) is 0 Å². The first kappa shape index (κ1) is 14.9. The van der Waals surface area contributed by atoms with Crippen molar-refractivity contribution in [2.24, 2.45) is 0 Å². The lowest BCUT2D eigenvalue weighted by atomic mass is 10.1. The van der Waals surface area contributed by atoms with Crippen LogP contribution < -0.4 is 5.32 Å². The second-order valence-electron chi connectivity index (χ2n) is 3.84. The van der Waals surface area contributed by atoms with Crippen molar-refractivity contribution in [1.29, 1.82) is 0 Å². The molecular weight excluding hydrogens is 294 g/mol. The number of halogens is 1. The number of rotatable bonds is 6. The van der Waals surface area contributed by atoms with Crippen molar-refractivity contribution in [2.75, 3.05) is 13.2 Å². The SMILES string of the molecule is CCOC(=O)/C=C/CN[C@H](C)c1ccc(Br)cc1. The van der Waals surface area contributed by atoms with E-state index < -0.39 is 0 Å². The van der Waals surface area contributed by atoms with Gasteiger partial charge in [0.2, 0.25) is 0 Å². The third-order valence-electron chi connectivity index (χ3n) is 2.45. The normalized spacial score (nSPS) is 12.6. The molecule has 0 aliphatic rings. The first-order valence-corrected chi connectivity index (χ1v) is 6.75. The average molecular weight is 312 g/mol. The summed E-state index contributed by atoms with van der Waals surface area (Å²) < 4.78 is 5.86. The van der Waals surface area contributed by atoms with Crippen molar-refractivity contribution in [3.05, 3.63) is 46.5 Å². The largest absolute Gasteiger partial charge is 0.463 e. The summed E-state index contributed by atoms with van der Waals surface area (Å²) in [6.07, 6.45) is 3.22. The number of nitrogens with one attached hydrogen (secondary N) is 1. The van der Waals surface area contributed by atoms with Crippen LogP contribution in [-0.4, -0.2) is 19.1 Å². The molecule has 1 rings (SSSR count). The van der Waals surface area contributed by atoms with E-state index in [1.165, 1.54) is 11.6 Å². The molecule has 4 heteroatoms. The van der Waals surface area contributed by atoms with Gasteiger partial charge in [0.25, 0.3) is 0 Å². The number of carbonyl (C=O) groups is 1. The Hall–Kier alpha value is -1.13. The molecule has 1 aromatic rings. The summed E-state index contributed by atoms with van der Waals surface area (Å²) in [5.41, 5.74) is 1.21. The van der Waals surface area contributed by atoms with Gasteiger partial charge in [-0.2, -0.15) is 0 Å². The minimum Gasteiger partial charge on any atom is -0.463 e. The van der Waals surface area contributed by atoms with E-state index in [-0.39, 0.29) is 12.0 Å². The van der Waals surface area contributed by atoms with Gasteiger partial charge < -0.3 is 10.1 Å². The van der Waals surface area contributed by atoms with Crippen LogP contribution in [0.2, 0.25) is 0 Å². The van der Waals surface area contributed by atoms with Gasteiger partial charge >= 0.3 is 5.97 Å². The van der Waals surface area contributed by atoms with E-state index in [2.05, 4.69) is 40.3 Å². The number of ether oxygens (including phenoxy) is 1. The lowest BCUT2D eigenvalue weighted by Crippen LogP contribution is -2.18. The predicted octanol–water partition coefficient (Wildman–Crippen LogP) is 3.22. The molecule has 0 radical (unpaired) electrons. The minimum absolute atomic E-state index is 0.241. The van der Waals surface area contributed by atoms with E-state index in [1.807, 2.05) is 12.1 Å². The second kappa shape index (κ2) is 8.06. The van der Waals surface area contributed by atoms with Crippen LogP contribution in [0.1, 0.15) is 25.5 Å². The van der Waals surface area contributed by atoms with Crippen LogP contribution in [0.3, 0.4) is 0 Å². The highest BCUT2D eigenvalue weighted by atomic mass is 79.9. The van der Waals surface area contributed by atoms with E-state index in [0.717, 1.165) is 4.47 Å². The van der Waals surface area contributed by atoms with E-state index in [4.69, 9.17) is 4.74 Å². The molecule has 1 atom stereocenters. The number of esters is 1. The summed E-state index contributed by atoms with van der Waals surface area (Å²) >= 11 is 3.41. The molecule has 0 saturated heterocycles. The molecule has 0 amide bonds. The van der Waals surface area contributed by atoms with Gasteiger partial charge in [-0.1, -0.05) is 34.1 Å². The number of hydrogen-bond donors (Lipinski definition) is 1. The fraction of sp³-hybridized carbons (Fsp3) is 0.357. The standard InChI is InChI=1S/C14H18BrNO2/c1-3-18-14(17)5-4-10-16-11(2)12-6-8-13(15)9-7-12/h4-9,11,16H,3,10H2,1-2H3/b5-4+/t11-/m1/s1. The van der Waals surface area contributed by atoms with Gasteiger partial charge in [0.1, 0.15) is 0 Å². The van der Waals surface area contributed by atoms with Gasteiger partial charge in [0, 0.05) is 23.1 Å². The van der Waals surface area contributed by atoms with Crippen molar-refractivity contribution in [3.8, 4) is 0 Å². The third kappa shape index (κ3) is 5.47. The highest BCUT2D eigenvalue weighted by molar-refractivity contribution is 9.10. The number of benzene rings is 1. The third-order valence-corrected chi connectivity index (χ3v) is 2.98. The van der Waals surface area contributed by atoms with E-state index in [0.29, 0.717) is 13.2 Å². The van der Waals surface area contributed by atoms with Crippen LogP contribution in [0.25, 0.3) is 0 Å². The topological polar surface area (TPSA) is 38.3 Å². The van der Waals surface area contributed by atoms with Gasteiger partial charge in [-0.05, 0) is 31.5 Å². The molecule has 1 N–H and O–H groups in total. The van der Waals surface area contributed by atoms with Crippen LogP contribution in [-0.2, 0) is 9.53 Å². The molecule has 0 spiro atoms. The zero-order valence-electron chi connectivity index (χ0n) is 10.7. The number of hydrogen-bond acceptors (Lipinski definition) is 3. The molecule has 0 aliphatic heterocycles. The fourth-order valence-electron chi connectivity index (χ4n) is 1.46. The Labute approximate surface area is 116 Å². The zero-order valence-corrected chi connectivity index (χ0v) is 12.2. The van der Waals surface area contributed by atoms with Gasteiger partial charge in [-0.25, -0.2) is 4.79 Å². The van der Waals surface area contributed by atoms with E-state index in [9.17, 15) is 4.79 Å². The van der Waals surface area contributed by atoms with Crippen molar-refractivity contribution in [1.82, 2.24) is 5.32 Å². The maximum absolute atomic E-state index is 11.1. The van der Waals surface area contributed by atoms with E-state index >= 15 is 0 Å². The van der Waals surface area contributed by atoms with Crippen molar-refractivity contribution >= 4 is 21.9 Å². The Bertz CT molecular complexity index is 401. The summed E-state index contributed by atoms with van der Waals surface area (Å²) in [6.45, 7) is 4.92. The molecular formula is C14H18BrNO2. The first-order chi connectivity index (χ1) is 8.63. The molecule has 0 fully saturated rings. The summed E-state index contributed by atoms with van der Waals surface area (Å²) in [7, 11) is 0. The maximum atomic E-state index is 11.1. The van der Waals surface area contributed by atoms with Crippen LogP contribution >= 0.6 is 15.9 Å². The summed E-state index contributed by atoms with van der Waals surface area (Å²) in [4.78, 5) is 11.1. The molecule has 0 aromatic heterocycles. The molecule has 98 valence electrons. The highest BCUT2D eigenvalue weighted by Crippen LogP contribution is 2.16. The van der Waals surface area contributed by atoms with Crippen molar-refractivity contribution in [3.63, 3.8) is 0 Å². The quantitative estimate of drug-likeness (QED) is 0.647. The van der Waals surface area contributed by atoms with Gasteiger partial charge in [-0.3, -0.25) is 0 Å². The van der Waals surface area contributed by atoms with Crippen molar-refractivity contribution < 1.29 is 9.53 Å². The monoisotopic (exact) mass is 311 g/mol. The van der Waals surface area contributed by atoms with Gasteiger partial charge in [0.05, 0.1) is 6.61 Å². The Balaban J connectivity index is 2.35. The predicted molar refractivity (Wildman–Crippen MR) is 76.3 cm³/mol. The number of carbonyl (C=O) groups excluding carboxylic acids is 1. The highest BCUT2D eigenvalue weighted by Gasteiger charge is 2.02. The smallest absolute Gasteiger partial charge is 0.330 e. The molecule has 0 bridgehead atoms. The average Bonchev–Trinajstić information content (AvgIpc) is 2.35. The Kier molecular flexibility index (Phi) is 6.68. The first-order valence-electron chi connectivity index (χ1n) is 5.95. The van der Waals surface area contributed by atoms with Gasteiger partial charge in [0.15, 0.2) is 0 Å². The zero-order chi connectivity index (χ0) is 13.4. The Morgan fingerprint density at radius 1 is 1.44 bits per heavy atom. The molecule has 0 aliphatic carbocycles. The molecule has 0 saturated carbocycles.